The number of halogens is 1. The van der Waals surface area contributed by atoms with Crippen LogP contribution >= 0.6 is 23.8 Å². The normalized spacial score (nSPS) is 16.9. The molecule has 2 atom stereocenters. The van der Waals surface area contributed by atoms with Gasteiger partial charge in [0.1, 0.15) is 0 Å². The molecule has 1 saturated heterocycles. The number of amides is 1. The molecule has 0 unspecified atom stereocenters. The highest BCUT2D eigenvalue weighted by Gasteiger charge is 2.41. The predicted molar refractivity (Wildman–Crippen MR) is 157 cm³/mol. The van der Waals surface area contributed by atoms with Gasteiger partial charge in [-0.2, -0.15) is 0 Å². The Morgan fingerprint density at radius 2 is 1.92 bits per heavy atom. The summed E-state index contributed by atoms with van der Waals surface area (Å²) >= 11 is 12.1. The van der Waals surface area contributed by atoms with Gasteiger partial charge in [0.25, 0.3) is 0 Å². The zero-order valence-electron chi connectivity index (χ0n) is 21.4. The second-order valence-electron chi connectivity index (χ2n) is 9.37. The van der Waals surface area contributed by atoms with Gasteiger partial charge < -0.3 is 20.1 Å². The monoisotopic (exact) mass is 543 g/mol. The van der Waals surface area contributed by atoms with Crippen LogP contribution < -0.4 is 10.6 Å². The van der Waals surface area contributed by atoms with E-state index in [2.05, 4.69) is 44.1 Å². The van der Waals surface area contributed by atoms with Crippen molar-refractivity contribution in [1.29, 1.82) is 0 Å². The molecule has 0 aliphatic carbocycles. The lowest BCUT2D eigenvalue weighted by atomic mass is 10.0. The molecule has 2 aromatic carbocycles. The number of benzene rings is 2. The van der Waals surface area contributed by atoms with E-state index in [4.69, 9.17) is 23.8 Å². The van der Waals surface area contributed by atoms with E-state index in [1.54, 1.807) is 6.20 Å². The molecule has 1 aliphatic rings. The maximum absolute atomic E-state index is 13.0. The number of hydrogen-bond acceptors (Lipinski definition) is 3. The van der Waals surface area contributed by atoms with E-state index in [-0.39, 0.29) is 18.0 Å². The second kappa shape index (κ2) is 11.4. The van der Waals surface area contributed by atoms with Gasteiger partial charge in [-0.25, -0.2) is 0 Å². The lowest BCUT2D eigenvalue weighted by molar-refractivity contribution is -0.116. The number of nitrogens with one attached hydrogen (secondary N) is 2. The second-order valence-corrected chi connectivity index (χ2v) is 10.2. The summed E-state index contributed by atoms with van der Waals surface area (Å²) in [6.45, 7) is 4.54. The van der Waals surface area contributed by atoms with Crippen molar-refractivity contribution >= 4 is 40.5 Å². The first kappa shape index (κ1) is 25.9. The zero-order chi connectivity index (χ0) is 26.6. The van der Waals surface area contributed by atoms with E-state index in [1.165, 1.54) is 0 Å². The van der Waals surface area contributed by atoms with Crippen molar-refractivity contribution in [3.05, 3.63) is 113 Å². The highest BCUT2D eigenvalue weighted by Crippen LogP contribution is 2.39. The number of aryl methyl sites for hydroxylation is 2. The standard InChI is InChI=1S/C30H30ClN5OS/c1-3-21-9-4-5-10-24(21)33-27(37)15-18-36-29(28(34-30(36)38)25-11-6-7-16-32-25)26-12-8-17-35(26)22-13-14-23(31)20(2)19-22/h4-14,16-17,19,28-29H,3,15,18H2,1-2H3,(H,33,37)(H,34,38)/t28-,29-/m0/s1. The Morgan fingerprint density at radius 3 is 2.68 bits per heavy atom. The Bertz CT molecular complexity index is 1450. The minimum atomic E-state index is -0.172. The van der Waals surface area contributed by atoms with Crippen molar-refractivity contribution in [3.63, 3.8) is 0 Å². The Kier molecular flexibility index (Phi) is 7.77. The number of para-hydroxylation sites is 1. The number of anilines is 1. The van der Waals surface area contributed by atoms with Crippen LogP contribution in [0.2, 0.25) is 5.02 Å². The molecule has 3 heterocycles. The van der Waals surface area contributed by atoms with Crippen LogP contribution in [-0.4, -0.2) is 32.0 Å². The number of hydrogen-bond donors (Lipinski definition) is 2. The quantitative estimate of drug-likeness (QED) is 0.252. The number of carbonyl (C=O) groups excluding carboxylic acids is 1. The van der Waals surface area contributed by atoms with Crippen LogP contribution in [0.25, 0.3) is 5.69 Å². The van der Waals surface area contributed by atoms with Crippen LogP contribution in [0.3, 0.4) is 0 Å². The average Bonchev–Trinajstić information content (AvgIpc) is 3.54. The predicted octanol–water partition coefficient (Wildman–Crippen LogP) is 6.40. The fraction of sp³-hybridized carbons (Fsp3) is 0.233. The van der Waals surface area contributed by atoms with Gasteiger partial charge in [-0.15, -0.1) is 0 Å². The van der Waals surface area contributed by atoms with Crippen molar-refractivity contribution < 1.29 is 4.79 Å². The van der Waals surface area contributed by atoms with Crippen LogP contribution in [0.1, 0.15) is 47.9 Å². The topological polar surface area (TPSA) is 62.2 Å². The largest absolute Gasteiger partial charge is 0.352 e. The minimum Gasteiger partial charge on any atom is -0.352 e. The highest BCUT2D eigenvalue weighted by molar-refractivity contribution is 7.80. The summed E-state index contributed by atoms with van der Waals surface area (Å²) in [7, 11) is 0. The fourth-order valence-electron chi connectivity index (χ4n) is 5.00. The maximum atomic E-state index is 13.0. The lowest BCUT2D eigenvalue weighted by Gasteiger charge is -2.29. The molecule has 1 fully saturated rings. The van der Waals surface area contributed by atoms with Crippen molar-refractivity contribution in [2.75, 3.05) is 11.9 Å². The summed E-state index contributed by atoms with van der Waals surface area (Å²) in [4.78, 5) is 19.8. The molecule has 194 valence electrons. The van der Waals surface area contributed by atoms with Gasteiger partial charge in [-0.1, -0.05) is 42.8 Å². The highest BCUT2D eigenvalue weighted by atomic mass is 35.5. The van der Waals surface area contributed by atoms with Gasteiger partial charge in [0.05, 0.1) is 17.8 Å². The number of carbonyl (C=O) groups is 1. The van der Waals surface area contributed by atoms with E-state index in [0.29, 0.717) is 18.1 Å². The molecule has 38 heavy (non-hydrogen) atoms. The first-order valence-electron chi connectivity index (χ1n) is 12.8. The molecule has 1 amide bonds. The Labute approximate surface area is 233 Å². The number of nitrogens with zero attached hydrogens (tertiary/aromatic N) is 3. The summed E-state index contributed by atoms with van der Waals surface area (Å²) < 4.78 is 2.16. The molecule has 2 aromatic heterocycles. The van der Waals surface area contributed by atoms with Crippen LogP contribution in [-0.2, 0) is 11.2 Å². The van der Waals surface area contributed by atoms with Gasteiger partial charge in [-0.3, -0.25) is 9.78 Å². The molecular weight excluding hydrogens is 514 g/mol. The van der Waals surface area contributed by atoms with Crippen LogP contribution in [0, 0.1) is 6.92 Å². The lowest BCUT2D eigenvalue weighted by Crippen LogP contribution is -2.33. The number of rotatable bonds is 8. The van der Waals surface area contributed by atoms with E-state index < -0.39 is 0 Å². The van der Waals surface area contributed by atoms with Crippen molar-refractivity contribution in [3.8, 4) is 5.69 Å². The van der Waals surface area contributed by atoms with Crippen molar-refractivity contribution in [2.24, 2.45) is 0 Å². The molecule has 0 saturated carbocycles. The molecule has 8 heteroatoms. The Morgan fingerprint density at radius 1 is 1.11 bits per heavy atom. The van der Waals surface area contributed by atoms with Gasteiger partial charge in [0, 0.05) is 47.5 Å². The van der Waals surface area contributed by atoms with E-state index in [9.17, 15) is 4.79 Å². The first-order chi connectivity index (χ1) is 18.5. The minimum absolute atomic E-state index is 0.0440. The SMILES string of the molecule is CCc1ccccc1NC(=O)CCN1C(=S)N[C@@H](c2ccccn2)[C@@H]1c1cccn1-c1ccc(Cl)c(C)c1. The maximum Gasteiger partial charge on any atom is 0.226 e. The number of pyridine rings is 1. The molecule has 0 radical (unpaired) electrons. The molecule has 0 bridgehead atoms. The third kappa shape index (κ3) is 5.30. The Hall–Kier alpha value is -3.68. The fourth-order valence-corrected chi connectivity index (χ4v) is 5.45. The van der Waals surface area contributed by atoms with Gasteiger partial charge in [0.2, 0.25) is 5.91 Å². The average molecular weight is 544 g/mol. The molecule has 4 aromatic rings. The number of aromatic nitrogens is 2. The van der Waals surface area contributed by atoms with E-state index in [1.807, 2.05) is 73.8 Å². The Balaban J connectivity index is 1.45. The van der Waals surface area contributed by atoms with Crippen molar-refractivity contribution in [1.82, 2.24) is 19.8 Å². The summed E-state index contributed by atoms with van der Waals surface area (Å²) in [6, 6.07) is 23.6. The zero-order valence-corrected chi connectivity index (χ0v) is 23.0. The summed E-state index contributed by atoms with van der Waals surface area (Å²) in [5.41, 5.74) is 5.93. The van der Waals surface area contributed by atoms with Gasteiger partial charge in [0.15, 0.2) is 5.11 Å². The van der Waals surface area contributed by atoms with E-state index >= 15 is 0 Å². The van der Waals surface area contributed by atoms with Crippen LogP contribution in [0.4, 0.5) is 5.69 Å². The van der Waals surface area contributed by atoms with Crippen LogP contribution in [0.15, 0.2) is 85.2 Å². The smallest absolute Gasteiger partial charge is 0.226 e. The summed E-state index contributed by atoms with van der Waals surface area (Å²) in [5, 5.41) is 7.90. The van der Waals surface area contributed by atoms with Gasteiger partial charge >= 0.3 is 0 Å². The number of thiocarbonyl (C=S) groups is 1. The molecule has 1 aliphatic heterocycles. The molecule has 5 rings (SSSR count). The molecular formula is C30H30ClN5OS. The van der Waals surface area contributed by atoms with Crippen LogP contribution in [0.5, 0.6) is 0 Å². The molecule has 6 nitrogen and oxygen atoms in total. The van der Waals surface area contributed by atoms with Gasteiger partial charge in [-0.05, 0) is 85.2 Å². The third-order valence-electron chi connectivity index (χ3n) is 6.95. The summed E-state index contributed by atoms with van der Waals surface area (Å²) in [6.07, 6.45) is 4.99. The summed E-state index contributed by atoms with van der Waals surface area (Å²) in [5.74, 6) is -0.0440. The molecule has 2 N–H and O–H groups in total. The van der Waals surface area contributed by atoms with Crippen molar-refractivity contribution in [2.45, 2.75) is 38.8 Å². The molecule has 0 spiro atoms. The first-order valence-corrected chi connectivity index (χ1v) is 13.5. The van der Waals surface area contributed by atoms with E-state index in [0.717, 1.165) is 45.3 Å². The third-order valence-corrected chi connectivity index (χ3v) is 7.73.